The second kappa shape index (κ2) is 26.6. The summed E-state index contributed by atoms with van der Waals surface area (Å²) in [6.07, 6.45) is 20.4. The number of unbranched alkanes of at least 4 members (excludes halogenated alkanes) is 13. The topological polar surface area (TPSA) is 55.8 Å². The average Bonchev–Trinajstić information content (AvgIpc) is 2.66. The van der Waals surface area contributed by atoms with E-state index in [1.54, 1.807) is 6.92 Å². The van der Waals surface area contributed by atoms with Crippen LogP contribution >= 0.6 is 0 Å². The first-order chi connectivity index (χ1) is 12.7. The molecule has 4 heteroatoms. The molecule has 0 rings (SSSR count). The molecule has 0 aromatic carbocycles. The molecule has 0 aliphatic heterocycles. The third-order valence-corrected chi connectivity index (χ3v) is 4.24. The van der Waals surface area contributed by atoms with Gasteiger partial charge in [0.15, 0.2) is 0 Å². The summed E-state index contributed by atoms with van der Waals surface area (Å²) in [6.45, 7) is 6.74. The van der Waals surface area contributed by atoms with Crippen molar-refractivity contribution in [2.75, 3.05) is 26.4 Å². The van der Waals surface area contributed by atoms with Crippen LogP contribution in [0.2, 0.25) is 0 Å². The van der Waals surface area contributed by atoms with Gasteiger partial charge in [0.2, 0.25) is 0 Å². The van der Waals surface area contributed by atoms with Crippen LogP contribution in [0.4, 0.5) is 0 Å². The van der Waals surface area contributed by atoms with Crippen LogP contribution in [0.25, 0.3) is 0 Å². The van der Waals surface area contributed by atoms with Gasteiger partial charge in [0.25, 0.3) is 0 Å². The van der Waals surface area contributed by atoms with Gasteiger partial charge in [0, 0.05) is 6.61 Å². The molecular formula is C22H46O4. The number of carbonyl (C=O) groups excluding carboxylic acids is 1. The quantitative estimate of drug-likeness (QED) is 0.234. The van der Waals surface area contributed by atoms with Crippen LogP contribution in [0.5, 0.6) is 0 Å². The van der Waals surface area contributed by atoms with Crippen molar-refractivity contribution in [3.8, 4) is 0 Å². The third-order valence-electron chi connectivity index (χ3n) is 4.24. The second-order valence-electron chi connectivity index (χ2n) is 6.82. The first-order valence-corrected chi connectivity index (χ1v) is 11.1. The zero-order valence-corrected chi connectivity index (χ0v) is 17.9. The van der Waals surface area contributed by atoms with Gasteiger partial charge in [-0.15, -0.1) is 0 Å². The maximum Gasteiger partial charge on any atom is 0.332 e. The lowest BCUT2D eigenvalue weighted by atomic mass is 10.0. The van der Waals surface area contributed by atoms with Gasteiger partial charge in [0.05, 0.1) is 6.61 Å². The molecule has 0 aliphatic carbocycles. The smallest absolute Gasteiger partial charge is 0.332 e. The number of aliphatic hydroxyl groups is 1. The number of hydrogen-bond donors (Lipinski definition) is 1. The van der Waals surface area contributed by atoms with Crippen LogP contribution < -0.4 is 0 Å². The van der Waals surface area contributed by atoms with Crippen LogP contribution in [0.1, 0.15) is 111 Å². The fraction of sp³-hybridized carbons (Fsp3) is 0.955. The van der Waals surface area contributed by atoms with Crippen molar-refractivity contribution < 1.29 is 19.4 Å². The van der Waals surface area contributed by atoms with Gasteiger partial charge >= 0.3 is 5.97 Å². The first kappa shape index (κ1) is 27.6. The average molecular weight is 375 g/mol. The highest BCUT2D eigenvalue weighted by Gasteiger charge is 1.99. The van der Waals surface area contributed by atoms with Crippen LogP contribution in [0, 0.1) is 0 Å². The van der Waals surface area contributed by atoms with Crippen molar-refractivity contribution >= 4 is 5.97 Å². The maximum atomic E-state index is 10.5. The number of hydrogen-bond acceptors (Lipinski definition) is 4. The van der Waals surface area contributed by atoms with Crippen LogP contribution in [0.3, 0.4) is 0 Å². The molecule has 0 aromatic rings. The minimum atomic E-state index is -0.434. The summed E-state index contributed by atoms with van der Waals surface area (Å²) in [5, 5.41) is 8.22. The van der Waals surface area contributed by atoms with E-state index in [1.165, 1.54) is 89.9 Å². The highest BCUT2D eigenvalue weighted by Crippen LogP contribution is 2.12. The van der Waals surface area contributed by atoms with E-state index in [0.717, 1.165) is 0 Å². The fourth-order valence-corrected chi connectivity index (χ4v) is 2.65. The van der Waals surface area contributed by atoms with Gasteiger partial charge in [-0.2, -0.15) is 0 Å². The van der Waals surface area contributed by atoms with Crippen LogP contribution in [-0.2, 0) is 14.3 Å². The second-order valence-corrected chi connectivity index (χ2v) is 6.82. The standard InChI is InChI=1S/C16H34.C6H12O4/c1-3-5-7-9-11-13-15-16-14-12-10-8-6-4-2;1-2-9-5-6(8)10-4-3-7/h3-16H2,1-2H3;7H,2-5H2,1H3. The maximum absolute atomic E-state index is 10.5. The monoisotopic (exact) mass is 374 g/mol. The van der Waals surface area contributed by atoms with Crippen LogP contribution in [0.15, 0.2) is 0 Å². The lowest BCUT2D eigenvalue weighted by Gasteiger charge is -2.02. The Kier molecular flexibility index (Phi) is 28.3. The highest BCUT2D eigenvalue weighted by atomic mass is 16.6. The molecule has 0 saturated carbocycles. The molecule has 0 spiro atoms. The molecule has 0 radical (unpaired) electrons. The predicted molar refractivity (Wildman–Crippen MR) is 111 cm³/mol. The largest absolute Gasteiger partial charge is 0.462 e. The van der Waals surface area contributed by atoms with Crippen molar-refractivity contribution in [1.82, 2.24) is 0 Å². The van der Waals surface area contributed by atoms with Gasteiger partial charge in [0.1, 0.15) is 13.2 Å². The van der Waals surface area contributed by atoms with Crippen molar-refractivity contribution in [2.24, 2.45) is 0 Å². The van der Waals surface area contributed by atoms with Gasteiger partial charge in [-0.25, -0.2) is 4.79 Å². The zero-order chi connectivity index (χ0) is 19.7. The number of aliphatic hydroxyl groups excluding tert-OH is 1. The summed E-state index contributed by atoms with van der Waals surface area (Å²) in [6, 6.07) is 0. The Hall–Kier alpha value is -0.610. The summed E-state index contributed by atoms with van der Waals surface area (Å²) in [5.41, 5.74) is 0. The minimum absolute atomic E-state index is 0.0312. The fourth-order valence-electron chi connectivity index (χ4n) is 2.65. The Labute approximate surface area is 163 Å². The van der Waals surface area contributed by atoms with Crippen LogP contribution in [-0.4, -0.2) is 37.5 Å². The Morgan fingerprint density at radius 1 is 0.692 bits per heavy atom. The SMILES string of the molecule is CCCCCCCCCCCCCCCC.CCOCC(=O)OCCO. The lowest BCUT2D eigenvalue weighted by molar-refractivity contribution is -0.149. The molecule has 0 unspecified atom stereocenters. The van der Waals surface area contributed by atoms with Crippen molar-refractivity contribution in [1.29, 1.82) is 0 Å². The minimum Gasteiger partial charge on any atom is -0.462 e. The van der Waals surface area contributed by atoms with E-state index < -0.39 is 5.97 Å². The molecule has 0 aliphatic rings. The molecule has 0 heterocycles. The molecule has 0 fully saturated rings. The van der Waals surface area contributed by atoms with E-state index in [1.807, 2.05) is 0 Å². The third kappa shape index (κ3) is 28.2. The van der Waals surface area contributed by atoms with E-state index in [-0.39, 0.29) is 19.8 Å². The van der Waals surface area contributed by atoms with Crippen molar-refractivity contribution in [3.05, 3.63) is 0 Å². The Morgan fingerprint density at radius 2 is 1.08 bits per heavy atom. The van der Waals surface area contributed by atoms with E-state index in [9.17, 15) is 4.79 Å². The Balaban J connectivity index is 0. The molecule has 0 amide bonds. The first-order valence-electron chi connectivity index (χ1n) is 11.1. The Bertz CT molecular complexity index is 233. The van der Waals surface area contributed by atoms with E-state index in [2.05, 4.69) is 18.6 Å². The number of ether oxygens (including phenoxy) is 2. The molecule has 158 valence electrons. The molecule has 0 aromatic heterocycles. The summed E-state index contributed by atoms with van der Waals surface area (Å²) >= 11 is 0. The van der Waals surface area contributed by atoms with Crippen molar-refractivity contribution in [3.63, 3.8) is 0 Å². The summed E-state index contributed by atoms with van der Waals surface area (Å²) in [4.78, 5) is 10.5. The van der Waals surface area contributed by atoms with E-state index in [4.69, 9.17) is 9.84 Å². The number of carbonyl (C=O) groups is 1. The molecule has 0 bridgehead atoms. The molecule has 0 saturated heterocycles. The summed E-state index contributed by atoms with van der Waals surface area (Å²) < 4.78 is 9.22. The van der Waals surface area contributed by atoms with Gasteiger partial charge in [-0.05, 0) is 6.92 Å². The normalized spacial score (nSPS) is 10.3. The number of rotatable bonds is 18. The Morgan fingerprint density at radius 3 is 1.38 bits per heavy atom. The van der Waals surface area contributed by atoms with Gasteiger partial charge in [-0.1, -0.05) is 104 Å². The lowest BCUT2D eigenvalue weighted by Crippen LogP contribution is -2.14. The molecular weight excluding hydrogens is 328 g/mol. The van der Waals surface area contributed by atoms with Crippen molar-refractivity contribution in [2.45, 2.75) is 111 Å². The van der Waals surface area contributed by atoms with Gasteiger partial charge < -0.3 is 14.6 Å². The summed E-state index contributed by atoms with van der Waals surface area (Å²) in [5.74, 6) is -0.434. The summed E-state index contributed by atoms with van der Waals surface area (Å²) in [7, 11) is 0. The van der Waals surface area contributed by atoms with Gasteiger partial charge in [-0.3, -0.25) is 0 Å². The molecule has 26 heavy (non-hydrogen) atoms. The van der Waals surface area contributed by atoms with E-state index in [0.29, 0.717) is 6.61 Å². The van der Waals surface area contributed by atoms with E-state index >= 15 is 0 Å². The zero-order valence-electron chi connectivity index (χ0n) is 17.9. The number of esters is 1. The molecule has 0 atom stereocenters. The highest BCUT2D eigenvalue weighted by molar-refractivity contribution is 5.70. The molecule has 4 nitrogen and oxygen atoms in total. The molecule has 1 N–H and O–H groups in total. The predicted octanol–water partition coefficient (Wildman–Crippen LogP) is 6.05.